The first kappa shape index (κ1) is 18.2. The van der Waals surface area contributed by atoms with Crippen molar-refractivity contribution >= 4 is 5.91 Å². The first-order valence-electron chi connectivity index (χ1n) is 9.16. The highest BCUT2D eigenvalue weighted by molar-refractivity contribution is 5.77. The molecule has 5 nitrogen and oxygen atoms in total. The SMILES string of the molecule is Cc1ccc(OCC(=O)NC2CCC(Oc3ccc(C)cn3)CC2)cc1. The van der Waals surface area contributed by atoms with Gasteiger partial charge in [-0.15, -0.1) is 0 Å². The number of hydrogen-bond acceptors (Lipinski definition) is 4. The molecule has 1 fully saturated rings. The lowest BCUT2D eigenvalue weighted by Gasteiger charge is -2.29. The van der Waals surface area contributed by atoms with Crippen LogP contribution in [-0.2, 0) is 4.79 Å². The van der Waals surface area contributed by atoms with Crippen LogP contribution in [-0.4, -0.2) is 29.6 Å². The number of rotatable bonds is 6. The number of nitrogens with one attached hydrogen (secondary N) is 1. The van der Waals surface area contributed by atoms with Gasteiger partial charge in [0.25, 0.3) is 5.91 Å². The van der Waals surface area contributed by atoms with Crippen molar-refractivity contribution < 1.29 is 14.3 Å². The highest BCUT2D eigenvalue weighted by Crippen LogP contribution is 2.23. The Morgan fingerprint density at radius 3 is 2.38 bits per heavy atom. The second-order valence-corrected chi connectivity index (χ2v) is 6.93. The minimum Gasteiger partial charge on any atom is -0.484 e. The van der Waals surface area contributed by atoms with Crippen LogP contribution in [0.1, 0.15) is 36.8 Å². The van der Waals surface area contributed by atoms with E-state index in [1.165, 1.54) is 5.56 Å². The molecule has 1 aromatic heterocycles. The zero-order valence-electron chi connectivity index (χ0n) is 15.4. The van der Waals surface area contributed by atoms with Gasteiger partial charge in [0.15, 0.2) is 6.61 Å². The molecule has 1 aliphatic rings. The van der Waals surface area contributed by atoms with E-state index in [0.717, 1.165) is 31.2 Å². The molecule has 1 heterocycles. The van der Waals surface area contributed by atoms with Crippen LogP contribution in [0.4, 0.5) is 0 Å². The maximum Gasteiger partial charge on any atom is 0.258 e. The summed E-state index contributed by atoms with van der Waals surface area (Å²) in [7, 11) is 0. The monoisotopic (exact) mass is 354 g/mol. The van der Waals surface area contributed by atoms with Crippen molar-refractivity contribution in [3.05, 3.63) is 53.7 Å². The van der Waals surface area contributed by atoms with Crippen molar-refractivity contribution in [1.29, 1.82) is 0 Å². The average molecular weight is 354 g/mol. The molecule has 3 rings (SSSR count). The quantitative estimate of drug-likeness (QED) is 0.861. The van der Waals surface area contributed by atoms with E-state index in [1.807, 2.05) is 56.4 Å². The Balaban J connectivity index is 1.37. The van der Waals surface area contributed by atoms with Crippen molar-refractivity contribution in [2.45, 2.75) is 51.7 Å². The third-order valence-electron chi connectivity index (χ3n) is 4.60. The van der Waals surface area contributed by atoms with E-state index >= 15 is 0 Å². The molecule has 0 bridgehead atoms. The highest BCUT2D eigenvalue weighted by Gasteiger charge is 2.24. The summed E-state index contributed by atoms with van der Waals surface area (Å²) in [5.74, 6) is 1.32. The summed E-state index contributed by atoms with van der Waals surface area (Å²) >= 11 is 0. The molecule has 5 heteroatoms. The van der Waals surface area contributed by atoms with Crippen LogP contribution in [0.2, 0.25) is 0 Å². The molecular weight excluding hydrogens is 328 g/mol. The van der Waals surface area contributed by atoms with Crippen molar-refractivity contribution in [2.75, 3.05) is 6.61 Å². The first-order chi connectivity index (χ1) is 12.6. The Kier molecular flexibility index (Phi) is 6.10. The second-order valence-electron chi connectivity index (χ2n) is 6.93. The molecule has 1 aromatic carbocycles. The van der Waals surface area contributed by atoms with Gasteiger partial charge < -0.3 is 14.8 Å². The fourth-order valence-corrected chi connectivity index (χ4v) is 3.07. The molecule has 1 N–H and O–H groups in total. The van der Waals surface area contributed by atoms with E-state index in [-0.39, 0.29) is 24.7 Å². The highest BCUT2D eigenvalue weighted by atomic mass is 16.5. The molecule has 1 aliphatic carbocycles. The fourth-order valence-electron chi connectivity index (χ4n) is 3.07. The third kappa shape index (κ3) is 5.48. The lowest BCUT2D eigenvalue weighted by Crippen LogP contribution is -2.41. The molecule has 0 unspecified atom stereocenters. The molecule has 138 valence electrons. The van der Waals surface area contributed by atoms with Crippen molar-refractivity contribution in [3.63, 3.8) is 0 Å². The zero-order valence-corrected chi connectivity index (χ0v) is 15.4. The van der Waals surface area contributed by atoms with Gasteiger partial charge >= 0.3 is 0 Å². The van der Waals surface area contributed by atoms with E-state index in [9.17, 15) is 4.79 Å². The molecule has 26 heavy (non-hydrogen) atoms. The summed E-state index contributed by atoms with van der Waals surface area (Å²) in [5, 5.41) is 3.06. The van der Waals surface area contributed by atoms with Crippen LogP contribution in [0.3, 0.4) is 0 Å². The van der Waals surface area contributed by atoms with Crippen LogP contribution in [0.15, 0.2) is 42.6 Å². The summed E-state index contributed by atoms with van der Waals surface area (Å²) in [6, 6.07) is 11.8. The maximum atomic E-state index is 12.1. The number of aromatic nitrogens is 1. The Hall–Kier alpha value is -2.56. The molecule has 0 radical (unpaired) electrons. The molecule has 0 atom stereocenters. The number of amides is 1. The number of benzene rings is 1. The summed E-state index contributed by atoms with van der Waals surface area (Å²) < 4.78 is 11.5. The predicted octanol–water partition coefficient (Wildman–Crippen LogP) is 3.58. The van der Waals surface area contributed by atoms with E-state index < -0.39 is 0 Å². The lowest BCUT2D eigenvalue weighted by atomic mass is 9.93. The van der Waals surface area contributed by atoms with Gasteiger partial charge in [0, 0.05) is 18.3 Å². The summed E-state index contributed by atoms with van der Waals surface area (Å²) in [6.45, 7) is 4.07. The van der Waals surface area contributed by atoms with Gasteiger partial charge in [-0.2, -0.15) is 0 Å². The van der Waals surface area contributed by atoms with Crippen molar-refractivity contribution in [2.24, 2.45) is 0 Å². The maximum absolute atomic E-state index is 12.1. The van der Waals surface area contributed by atoms with Crippen molar-refractivity contribution in [1.82, 2.24) is 10.3 Å². The molecule has 1 saturated carbocycles. The molecule has 1 amide bonds. The Morgan fingerprint density at radius 1 is 1.04 bits per heavy atom. The number of carbonyl (C=O) groups is 1. The summed E-state index contributed by atoms with van der Waals surface area (Å²) in [4.78, 5) is 16.4. The van der Waals surface area contributed by atoms with Crippen LogP contribution < -0.4 is 14.8 Å². The predicted molar refractivity (Wildman–Crippen MR) is 100 cm³/mol. The van der Waals surface area contributed by atoms with Crippen LogP contribution >= 0.6 is 0 Å². The van der Waals surface area contributed by atoms with Crippen LogP contribution in [0.5, 0.6) is 11.6 Å². The van der Waals surface area contributed by atoms with Gasteiger partial charge in [0.2, 0.25) is 5.88 Å². The minimum absolute atomic E-state index is 0.0484. The van der Waals surface area contributed by atoms with Gasteiger partial charge in [-0.25, -0.2) is 4.98 Å². The van der Waals surface area contributed by atoms with Gasteiger partial charge in [-0.1, -0.05) is 23.8 Å². The first-order valence-corrected chi connectivity index (χ1v) is 9.16. The number of pyridine rings is 1. The van der Waals surface area contributed by atoms with Gasteiger partial charge in [0.05, 0.1) is 0 Å². The Labute approximate surface area is 154 Å². The van der Waals surface area contributed by atoms with E-state index in [0.29, 0.717) is 11.6 Å². The number of hydrogen-bond donors (Lipinski definition) is 1. The van der Waals surface area contributed by atoms with E-state index in [4.69, 9.17) is 9.47 Å². The molecule has 0 aliphatic heterocycles. The van der Waals surface area contributed by atoms with E-state index in [1.54, 1.807) is 0 Å². The average Bonchev–Trinajstić information content (AvgIpc) is 2.65. The normalized spacial score (nSPS) is 19.6. The Bertz CT molecular complexity index is 705. The second kappa shape index (κ2) is 8.70. The number of aryl methyl sites for hydroxylation is 2. The van der Waals surface area contributed by atoms with Crippen LogP contribution in [0, 0.1) is 13.8 Å². The molecule has 0 saturated heterocycles. The number of carbonyl (C=O) groups excluding carboxylic acids is 1. The number of nitrogens with zero attached hydrogens (tertiary/aromatic N) is 1. The van der Waals surface area contributed by atoms with Gasteiger partial charge in [0.1, 0.15) is 11.9 Å². The zero-order chi connectivity index (χ0) is 18.4. The van der Waals surface area contributed by atoms with Crippen molar-refractivity contribution in [3.8, 4) is 11.6 Å². The smallest absolute Gasteiger partial charge is 0.258 e. The minimum atomic E-state index is -0.0739. The number of ether oxygens (including phenoxy) is 2. The summed E-state index contributed by atoms with van der Waals surface area (Å²) in [6.07, 6.45) is 5.63. The van der Waals surface area contributed by atoms with Gasteiger partial charge in [-0.3, -0.25) is 4.79 Å². The topological polar surface area (TPSA) is 60.5 Å². The summed E-state index contributed by atoms with van der Waals surface area (Å²) in [5.41, 5.74) is 2.29. The largest absolute Gasteiger partial charge is 0.484 e. The van der Waals surface area contributed by atoms with Gasteiger partial charge in [-0.05, 0) is 57.2 Å². The third-order valence-corrected chi connectivity index (χ3v) is 4.60. The fraction of sp³-hybridized carbons (Fsp3) is 0.429. The van der Waals surface area contributed by atoms with E-state index in [2.05, 4.69) is 10.3 Å². The molecular formula is C21H26N2O3. The lowest BCUT2D eigenvalue weighted by molar-refractivity contribution is -0.124. The standard InChI is InChI=1S/C21H26N2O3/c1-15-3-8-18(9-4-15)25-14-20(24)23-17-6-10-19(11-7-17)26-21-12-5-16(2)13-22-21/h3-5,8-9,12-13,17,19H,6-7,10-11,14H2,1-2H3,(H,23,24). The molecule has 2 aromatic rings. The van der Waals surface area contributed by atoms with Crippen LogP contribution in [0.25, 0.3) is 0 Å². The Morgan fingerprint density at radius 2 is 1.73 bits per heavy atom. The molecule has 0 spiro atoms.